The fraction of sp³-hybridized carbons (Fsp3) is 0.267. The maximum absolute atomic E-state index is 10.8. The van der Waals surface area contributed by atoms with Crippen molar-refractivity contribution in [2.24, 2.45) is 0 Å². The Kier molecular flexibility index (Phi) is 3.14. The van der Waals surface area contributed by atoms with Crippen molar-refractivity contribution in [1.82, 2.24) is 19.7 Å². The van der Waals surface area contributed by atoms with Gasteiger partial charge in [0.15, 0.2) is 0 Å². The molecule has 3 heterocycles. The molecule has 8 heteroatoms. The third kappa shape index (κ3) is 2.59. The Balaban J connectivity index is 1.56. The Morgan fingerprint density at radius 1 is 1.30 bits per heavy atom. The van der Waals surface area contributed by atoms with Crippen LogP contribution in [0.25, 0.3) is 10.9 Å². The molecule has 4 rings (SSSR count). The minimum absolute atomic E-state index is 0.0750. The molecule has 0 aliphatic carbocycles. The molecule has 0 radical (unpaired) electrons. The van der Waals surface area contributed by atoms with Crippen LogP contribution in [0.1, 0.15) is 12.2 Å². The highest BCUT2D eigenvalue weighted by Gasteiger charge is 2.20. The predicted molar refractivity (Wildman–Crippen MR) is 84.2 cm³/mol. The molecule has 1 unspecified atom stereocenters. The molecule has 1 N–H and O–H groups in total. The zero-order valence-corrected chi connectivity index (χ0v) is 12.2. The molecule has 1 aliphatic heterocycles. The topological polar surface area (TPSA) is 98.8 Å². The van der Waals surface area contributed by atoms with E-state index in [4.69, 9.17) is 0 Å². The third-order valence-corrected chi connectivity index (χ3v) is 4.04. The van der Waals surface area contributed by atoms with Crippen LogP contribution in [-0.4, -0.2) is 30.7 Å². The Bertz CT molecular complexity index is 891. The van der Waals surface area contributed by atoms with Gasteiger partial charge in [-0.15, -0.1) is 0 Å². The van der Waals surface area contributed by atoms with Gasteiger partial charge in [-0.3, -0.25) is 10.1 Å². The number of benzene rings is 1. The first kappa shape index (κ1) is 13.6. The van der Waals surface area contributed by atoms with Crippen LogP contribution in [0, 0.1) is 10.1 Å². The number of nitrogens with one attached hydrogen (secondary N) is 1. The van der Waals surface area contributed by atoms with Crippen LogP contribution in [-0.2, 0) is 13.0 Å². The highest BCUT2D eigenvalue weighted by molar-refractivity contribution is 5.82. The van der Waals surface area contributed by atoms with Crippen molar-refractivity contribution in [2.75, 3.05) is 5.32 Å². The molecule has 0 bridgehead atoms. The van der Waals surface area contributed by atoms with E-state index in [1.165, 1.54) is 12.1 Å². The van der Waals surface area contributed by atoms with Gasteiger partial charge in [0.2, 0.25) is 0 Å². The number of aryl methyl sites for hydroxylation is 1. The number of aromatic nitrogens is 4. The Morgan fingerprint density at radius 3 is 3.09 bits per heavy atom. The number of nitrogens with zero attached hydrogens (tertiary/aromatic N) is 5. The third-order valence-electron chi connectivity index (χ3n) is 4.04. The molecule has 1 atom stereocenters. The van der Waals surface area contributed by atoms with Gasteiger partial charge in [0, 0.05) is 30.0 Å². The molecule has 2 aromatic heterocycles. The normalized spacial score (nSPS) is 17.0. The van der Waals surface area contributed by atoms with Gasteiger partial charge in [0.05, 0.1) is 17.0 Å². The van der Waals surface area contributed by atoms with E-state index in [-0.39, 0.29) is 11.7 Å². The van der Waals surface area contributed by atoms with Crippen LogP contribution in [0.15, 0.2) is 36.7 Å². The first-order chi connectivity index (χ1) is 11.2. The Hall–Kier alpha value is -3.03. The summed E-state index contributed by atoms with van der Waals surface area (Å²) in [6, 6.07) is 8.63. The van der Waals surface area contributed by atoms with E-state index >= 15 is 0 Å². The fourth-order valence-corrected chi connectivity index (χ4v) is 2.87. The van der Waals surface area contributed by atoms with Crippen molar-refractivity contribution in [3.8, 4) is 0 Å². The number of pyridine rings is 1. The summed E-state index contributed by atoms with van der Waals surface area (Å²) in [7, 11) is 0. The van der Waals surface area contributed by atoms with Gasteiger partial charge in [0.25, 0.3) is 5.69 Å². The van der Waals surface area contributed by atoms with Gasteiger partial charge in [-0.25, -0.2) is 14.6 Å². The van der Waals surface area contributed by atoms with Gasteiger partial charge in [0.1, 0.15) is 18.0 Å². The number of hydrogen-bond acceptors (Lipinski definition) is 6. The molecule has 0 spiro atoms. The summed E-state index contributed by atoms with van der Waals surface area (Å²) in [6.07, 6.45) is 3.44. The average Bonchev–Trinajstić information content (AvgIpc) is 3.02. The quantitative estimate of drug-likeness (QED) is 0.588. The molecule has 0 amide bonds. The fourth-order valence-electron chi connectivity index (χ4n) is 2.87. The maximum atomic E-state index is 10.8. The molecule has 23 heavy (non-hydrogen) atoms. The lowest BCUT2D eigenvalue weighted by Gasteiger charge is -2.24. The molecule has 0 saturated heterocycles. The average molecular weight is 310 g/mol. The van der Waals surface area contributed by atoms with Crippen LogP contribution in [0.4, 0.5) is 11.5 Å². The molecule has 1 aromatic carbocycles. The zero-order valence-electron chi connectivity index (χ0n) is 12.2. The number of hydrogen-bond donors (Lipinski definition) is 1. The summed E-state index contributed by atoms with van der Waals surface area (Å²) in [5.41, 5.74) is 0.809. The number of non-ortho nitro benzene ring substituents is 1. The first-order valence-electron chi connectivity index (χ1n) is 7.37. The minimum Gasteiger partial charge on any atom is -0.365 e. The predicted octanol–water partition coefficient (Wildman–Crippen LogP) is 2.16. The van der Waals surface area contributed by atoms with Gasteiger partial charge < -0.3 is 5.32 Å². The zero-order chi connectivity index (χ0) is 15.8. The van der Waals surface area contributed by atoms with Gasteiger partial charge in [-0.05, 0) is 24.6 Å². The molecular weight excluding hydrogens is 296 g/mol. The van der Waals surface area contributed by atoms with E-state index in [0.29, 0.717) is 0 Å². The Morgan fingerprint density at radius 2 is 2.22 bits per heavy atom. The van der Waals surface area contributed by atoms with Crippen molar-refractivity contribution >= 4 is 22.4 Å². The second kappa shape index (κ2) is 5.31. The summed E-state index contributed by atoms with van der Waals surface area (Å²) >= 11 is 0. The van der Waals surface area contributed by atoms with E-state index in [1.54, 1.807) is 12.4 Å². The molecule has 0 fully saturated rings. The molecular formula is C15H14N6O2. The van der Waals surface area contributed by atoms with E-state index in [9.17, 15) is 10.1 Å². The highest BCUT2D eigenvalue weighted by atomic mass is 16.6. The lowest BCUT2D eigenvalue weighted by Crippen LogP contribution is -2.32. The van der Waals surface area contributed by atoms with Gasteiger partial charge in [-0.2, -0.15) is 5.10 Å². The summed E-state index contributed by atoms with van der Waals surface area (Å²) < 4.78 is 1.91. The maximum Gasteiger partial charge on any atom is 0.270 e. The number of nitro benzene ring substituents is 1. The second-order valence-corrected chi connectivity index (χ2v) is 5.57. The van der Waals surface area contributed by atoms with E-state index in [2.05, 4.69) is 20.4 Å². The van der Waals surface area contributed by atoms with Crippen LogP contribution in [0.2, 0.25) is 0 Å². The molecule has 8 nitrogen and oxygen atoms in total. The highest BCUT2D eigenvalue weighted by Crippen LogP contribution is 2.22. The van der Waals surface area contributed by atoms with Crippen molar-refractivity contribution in [1.29, 1.82) is 0 Å². The molecule has 116 valence electrons. The van der Waals surface area contributed by atoms with Crippen molar-refractivity contribution in [3.63, 3.8) is 0 Å². The van der Waals surface area contributed by atoms with Gasteiger partial charge in [-0.1, -0.05) is 0 Å². The number of nitro groups is 1. The van der Waals surface area contributed by atoms with E-state index in [1.807, 2.05) is 16.8 Å². The summed E-state index contributed by atoms with van der Waals surface area (Å²) in [6.45, 7) is 0.759. The van der Waals surface area contributed by atoms with Crippen LogP contribution in [0.3, 0.4) is 0 Å². The molecule has 1 aliphatic rings. The first-order valence-corrected chi connectivity index (χ1v) is 7.37. The number of anilines is 1. The standard InChI is InChI=1S/C15H14N6O2/c22-21(23)12-3-4-13-10(7-12)1-5-14(19-13)18-11-2-6-15-16-9-17-20(15)8-11/h1,3-5,7,9,11H,2,6,8H2,(H,18,19). The Labute approximate surface area is 131 Å². The van der Waals surface area contributed by atoms with Crippen LogP contribution >= 0.6 is 0 Å². The minimum atomic E-state index is -0.399. The SMILES string of the molecule is O=[N+]([O-])c1ccc2nc(NC3CCc4ncnn4C3)ccc2c1. The van der Waals surface area contributed by atoms with Crippen molar-refractivity contribution in [2.45, 2.75) is 25.4 Å². The largest absolute Gasteiger partial charge is 0.365 e. The van der Waals surface area contributed by atoms with Crippen molar-refractivity contribution in [3.05, 3.63) is 52.6 Å². The van der Waals surface area contributed by atoms with E-state index in [0.717, 1.165) is 41.9 Å². The van der Waals surface area contributed by atoms with Crippen LogP contribution < -0.4 is 5.32 Å². The lowest BCUT2D eigenvalue weighted by atomic mass is 10.1. The summed E-state index contributed by atoms with van der Waals surface area (Å²) in [4.78, 5) is 19.2. The van der Waals surface area contributed by atoms with Gasteiger partial charge >= 0.3 is 0 Å². The van der Waals surface area contributed by atoms with Crippen molar-refractivity contribution < 1.29 is 4.92 Å². The van der Waals surface area contributed by atoms with E-state index < -0.39 is 4.92 Å². The molecule has 3 aromatic rings. The monoisotopic (exact) mass is 310 g/mol. The lowest BCUT2D eigenvalue weighted by molar-refractivity contribution is -0.384. The number of rotatable bonds is 3. The smallest absolute Gasteiger partial charge is 0.270 e. The summed E-state index contributed by atoms with van der Waals surface area (Å²) in [5, 5.41) is 19.2. The van der Waals surface area contributed by atoms with Crippen LogP contribution in [0.5, 0.6) is 0 Å². The summed E-state index contributed by atoms with van der Waals surface area (Å²) in [5.74, 6) is 1.78. The number of fused-ring (bicyclic) bond motifs is 2. The molecule has 0 saturated carbocycles. The second-order valence-electron chi connectivity index (χ2n) is 5.57.